The van der Waals surface area contributed by atoms with Crippen LogP contribution in [0.3, 0.4) is 0 Å². The van der Waals surface area contributed by atoms with Crippen molar-refractivity contribution in [3.8, 4) is 5.75 Å². The standard InChI is InChI=1S/C9H6N4O3S2/c14-7-2-1-6(13(15)16)3-5(7)4-10-8-11-12-9(17)18-8/h1-4,14H,(H,12,17). The van der Waals surface area contributed by atoms with Crippen molar-refractivity contribution in [2.45, 2.75) is 0 Å². The van der Waals surface area contributed by atoms with Crippen molar-refractivity contribution in [3.63, 3.8) is 0 Å². The zero-order chi connectivity index (χ0) is 13.1. The number of nitro benzene ring substituents is 1. The molecule has 0 aliphatic rings. The lowest BCUT2D eigenvalue weighted by Crippen LogP contribution is -1.90. The van der Waals surface area contributed by atoms with Gasteiger partial charge in [-0.15, -0.1) is 5.10 Å². The summed E-state index contributed by atoms with van der Waals surface area (Å²) < 4.78 is 0.477. The van der Waals surface area contributed by atoms with Crippen LogP contribution in [0.4, 0.5) is 10.8 Å². The Kier molecular flexibility index (Phi) is 3.44. The fourth-order valence-corrected chi connectivity index (χ4v) is 1.88. The largest absolute Gasteiger partial charge is 0.507 e. The van der Waals surface area contributed by atoms with Gasteiger partial charge in [-0.05, 0) is 18.3 Å². The van der Waals surface area contributed by atoms with Gasteiger partial charge in [0.1, 0.15) is 5.75 Å². The number of hydrogen-bond donors (Lipinski definition) is 2. The SMILES string of the molecule is O=[N+]([O-])c1ccc(O)c(C=Nc2n[nH]c(=S)s2)c1. The number of aromatic amines is 1. The second-order valence-corrected chi connectivity index (χ2v) is 4.80. The number of benzene rings is 1. The molecule has 0 fully saturated rings. The van der Waals surface area contributed by atoms with Gasteiger partial charge in [-0.1, -0.05) is 11.3 Å². The molecule has 0 atom stereocenters. The molecule has 2 rings (SSSR count). The molecule has 2 N–H and O–H groups in total. The monoisotopic (exact) mass is 282 g/mol. The van der Waals surface area contributed by atoms with Crippen LogP contribution >= 0.6 is 23.6 Å². The molecule has 1 aromatic heterocycles. The fraction of sp³-hybridized carbons (Fsp3) is 0. The van der Waals surface area contributed by atoms with Crippen molar-refractivity contribution < 1.29 is 10.0 Å². The first-order valence-electron chi connectivity index (χ1n) is 4.63. The lowest BCUT2D eigenvalue weighted by molar-refractivity contribution is -0.384. The molecule has 0 saturated carbocycles. The number of phenolic OH excluding ortho intramolecular Hbond substituents is 1. The number of nitrogens with zero attached hydrogens (tertiary/aromatic N) is 3. The number of hydrogen-bond acceptors (Lipinski definition) is 7. The Labute approximate surface area is 110 Å². The van der Waals surface area contributed by atoms with Gasteiger partial charge in [0.2, 0.25) is 5.13 Å². The fourth-order valence-electron chi connectivity index (χ4n) is 1.16. The van der Waals surface area contributed by atoms with Crippen LogP contribution in [0.15, 0.2) is 23.2 Å². The predicted molar refractivity (Wildman–Crippen MR) is 69.3 cm³/mol. The van der Waals surface area contributed by atoms with Gasteiger partial charge in [-0.2, -0.15) is 0 Å². The minimum absolute atomic E-state index is 0.0940. The van der Waals surface area contributed by atoms with Crippen LogP contribution < -0.4 is 0 Å². The zero-order valence-electron chi connectivity index (χ0n) is 8.73. The van der Waals surface area contributed by atoms with Crippen molar-refractivity contribution in [1.29, 1.82) is 0 Å². The van der Waals surface area contributed by atoms with Crippen LogP contribution in [0, 0.1) is 14.1 Å². The molecule has 0 spiro atoms. The molecule has 0 unspecified atom stereocenters. The molecule has 0 saturated heterocycles. The third-order valence-electron chi connectivity index (χ3n) is 1.96. The summed E-state index contributed by atoms with van der Waals surface area (Å²) in [6.07, 6.45) is 1.30. The third kappa shape index (κ3) is 2.76. The molecule has 2 aromatic rings. The molecule has 0 aliphatic carbocycles. The number of rotatable bonds is 3. The summed E-state index contributed by atoms with van der Waals surface area (Å²) in [5, 5.41) is 26.9. The van der Waals surface area contributed by atoms with E-state index in [4.69, 9.17) is 12.2 Å². The Morgan fingerprint density at radius 2 is 2.39 bits per heavy atom. The van der Waals surface area contributed by atoms with Gasteiger partial charge in [0.25, 0.3) is 5.69 Å². The van der Waals surface area contributed by atoms with E-state index in [2.05, 4.69) is 15.2 Å². The second kappa shape index (κ2) is 5.02. The van der Waals surface area contributed by atoms with Crippen LogP contribution in [-0.4, -0.2) is 26.4 Å². The molecule has 18 heavy (non-hydrogen) atoms. The van der Waals surface area contributed by atoms with E-state index in [1.54, 1.807) is 0 Å². The predicted octanol–water partition coefficient (Wildman–Crippen LogP) is 2.57. The molecular weight excluding hydrogens is 276 g/mol. The number of aromatic hydroxyl groups is 1. The van der Waals surface area contributed by atoms with Crippen LogP contribution in [0.5, 0.6) is 5.75 Å². The topological polar surface area (TPSA) is 104 Å². The maximum Gasteiger partial charge on any atom is 0.270 e. The zero-order valence-corrected chi connectivity index (χ0v) is 10.4. The highest BCUT2D eigenvalue weighted by atomic mass is 32.1. The van der Waals surface area contributed by atoms with Gasteiger partial charge in [0.15, 0.2) is 3.95 Å². The first-order valence-corrected chi connectivity index (χ1v) is 5.86. The first-order chi connectivity index (χ1) is 8.56. The molecule has 9 heteroatoms. The number of nitrogens with one attached hydrogen (secondary N) is 1. The van der Waals surface area contributed by atoms with Gasteiger partial charge in [-0.25, -0.2) is 4.99 Å². The van der Waals surface area contributed by atoms with Gasteiger partial charge in [0, 0.05) is 23.9 Å². The highest BCUT2D eigenvalue weighted by Gasteiger charge is 2.08. The number of phenols is 1. The summed E-state index contributed by atoms with van der Waals surface area (Å²) in [5.74, 6) is -0.0940. The number of aliphatic imine (C=N–C) groups is 1. The summed E-state index contributed by atoms with van der Waals surface area (Å²) >= 11 is 5.99. The minimum Gasteiger partial charge on any atom is -0.507 e. The normalized spacial score (nSPS) is 10.9. The average Bonchev–Trinajstić information content (AvgIpc) is 2.74. The maximum absolute atomic E-state index is 10.6. The van der Waals surface area contributed by atoms with E-state index in [-0.39, 0.29) is 17.0 Å². The summed E-state index contributed by atoms with van der Waals surface area (Å²) in [7, 11) is 0. The minimum atomic E-state index is -0.546. The quantitative estimate of drug-likeness (QED) is 0.389. The Bertz CT molecular complexity index is 676. The van der Waals surface area contributed by atoms with E-state index < -0.39 is 4.92 Å². The van der Waals surface area contributed by atoms with Gasteiger partial charge >= 0.3 is 0 Å². The molecule has 0 amide bonds. The highest BCUT2D eigenvalue weighted by molar-refractivity contribution is 7.73. The van der Waals surface area contributed by atoms with Crippen molar-refractivity contribution in [1.82, 2.24) is 10.2 Å². The van der Waals surface area contributed by atoms with E-state index in [9.17, 15) is 15.2 Å². The third-order valence-corrected chi connectivity index (χ3v) is 2.96. The first kappa shape index (κ1) is 12.3. The second-order valence-electron chi connectivity index (χ2n) is 3.15. The van der Waals surface area contributed by atoms with Gasteiger partial charge < -0.3 is 5.11 Å². The molecule has 1 heterocycles. The Hall–Kier alpha value is -2.13. The number of non-ortho nitro benzene ring substituents is 1. The van der Waals surface area contributed by atoms with E-state index >= 15 is 0 Å². The summed E-state index contributed by atoms with van der Waals surface area (Å²) in [4.78, 5) is 14.0. The van der Waals surface area contributed by atoms with Gasteiger partial charge in [-0.3, -0.25) is 15.2 Å². The summed E-state index contributed by atoms with van der Waals surface area (Å²) in [5.41, 5.74) is 0.120. The van der Waals surface area contributed by atoms with Gasteiger partial charge in [0.05, 0.1) is 4.92 Å². The molecule has 92 valence electrons. The number of H-pyrrole nitrogens is 1. The number of aromatic nitrogens is 2. The van der Waals surface area contributed by atoms with E-state index in [0.717, 1.165) is 11.3 Å². The maximum atomic E-state index is 10.6. The van der Waals surface area contributed by atoms with Crippen LogP contribution in [0.1, 0.15) is 5.56 Å². The van der Waals surface area contributed by atoms with Crippen LogP contribution in [0.2, 0.25) is 0 Å². The molecule has 1 aromatic carbocycles. The van der Waals surface area contributed by atoms with E-state index in [1.165, 1.54) is 24.4 Å². The summed E-state index contributed by atoms with van der Waals surface area (Å²) in [6, 6.07) is 3.68. The smallest absolute Gasteiger partial charge is 0.270 e. The highest BCUT2D eigenvalue weighted by Crippen LogP contribution is 2.22. The Balaban J connectivity index is 2.33. The molecule has 0 bridgehead atoms. The van der Waals surface area contributed by atoms with Crippen LogP contribution in [-0.2, 0) is 0 Å². The lowest BCUT2D eigenvalue weighted by Gasteiger charge is -1.97. The average molecular weight is 282 g/mol. The van der Waals surface area contributed by atoms with Crippen LogP contribution in [0.25, 0.3) is 0 Å². The number of nitro groups is 1. The molecule has 0 aliphatic heterocycles. The summed E-state index contributed by atoms with van der Waals surface area (Å²) in [6.45, 7) is 0. The molecule has 7 nitrogen and oxygen atoms in total. The van der Waals surface area contributed by atoms with Crippen molar-refractivity contribution >= 4 is 40.6 Å². The molecular formula is C9H6N4O3S2. The molecule has 0 radical (unpaired) electrons. The lowest BCUT2D eigenvalue weighted by atomic mass is 10.2. The van der Waals surface area contributed by atoms with Crippen molar-refractivity contribution in [3.05, 3.63) is 37.8 Å². The Morgan fingerprint density at radius 1 is 1.61 bits per heavy atom. The van der Waals surface area contributed by atoms with E-state index in [1.807, 2.05) is 0 Å². The Morgan fingerprint density at radius 3 is 3.00 bits per heavy atom. The van der Waals surface area contributed by atoms with E-state index in [0.29, 0.717) is 9.09 Å². The van der Waals surface area contributed by atoms with Crippen molar-refractivity contribution in [2.75, 3.05) is 0 Å². The van der Waals surface area contributed by atoms with Crippen molar-refractivity contribution in [2.24, 2.45) is 4.99 Å².